The molecule has 0 radical (unpaired) electrons. The highest BCUT2D eigenvalue weighted by molar-refractivity contribution is 5.92. The Bertz CT molecular complexity index is 757. The molecule has 2 rings (SSSR count). The molecular weight excluding hydrogens is 345 g/mol. The minimum Gasteiger partial charge on any atom is -0.486 e. The van der Waals surface area contributed by atoms with E-state index < -0.39 is 17.4 Å². The zero-order chi connectivity index (χ0) is 19.2. The summed E-state index contributed by atoms with van der Waals surface area (Å²) >= 11 is 0. The van der Waals surface area contributed by atoms with Crippen molar-refractivity contribution in [2.75, 3.05) is 13.7 Å². The molecule has 2 N–H and O–H groups in total. The van der Waals surface area contributed by atoms with E-state index in [4.69, 9.17) is 19.0 Å². The molecule has 1 heterocycles. The summed E-state index contributed by atoms with van der Waals surface area (Å²) in [4.78, 5) is 23.3. The monoisotopic (exact) mass is 365 g/mol. The highest BCUT2D eigenvalue weighted by atomic mass is 19.1. The Morgan fingerprint density at radius 3 is 2.54 bits per heavy atom. The number of hydrogen-bond donors (Lipinski definition) is 2. The van der Waals surface area contributed by atoms with Gasteiger partial charge in [-0.2, -0.15) is 0 Å². The van der Waals surface area contributed by atoms with Gasteiger partial charge in [-0.25, -0.2) is 4.39 Å². The van der Waals surface area contributed by atoms with Gasteiger partial charge in [0.2, 0.25) is 0 Å². The number of furan rings is 1. The third kappa shape index (κ3) is 5.59. The lowest BCUT2D eigenvalue weighted by atomic mass is 9.99. The Morgan fingerprint density at radius 2 is 1.92 bits per heavy atom. The molecule has 1 atom stereocenters. The van der Waals surface area contributed by atoms with Crippen LogP contribution >= 0.6 is 0 Å². The van der Waals surface area contributed by atoms with Crippen molar-refractivity contribution in [1.29, 1.82) is 0 Å². The van der Waals surface area contributed by atoms with Gasteiger partial charge in [0.15, 0.2) is 5.76 Å². The third-order valence-electron chi connectivity index (χ3n) is 3.50. The SMILES string of the molecule is COCC(C)(CC(=O)O)NC(=O)c1ccc(COc2ccc(F)cc2)o1. The quantitative estimate of drug-likeness (QED) is 0.709. The van der Waals surface area contributed by atoms with Crippen LogP contribution in [0.4, 0.5) is 4.39 Å². The van der Waals surface area contributed by atoms with Gasteiger partial charge in [-0.3, -0.25) is 9.59 Å². The fourth-order valence-corrected chi connectivity index (χ4v) is 2.38. The molecule has 26 heavy (non-hydrogen) atoms. The Hall–Kier alpha value is -2.87. The maximum Gasteiger partial charge on any atom is 0.305 e. The predicted molar refractivity (Wildman–Crippen MR) is 89.4 cm³/mol. The second-order valence-corrected chi connectivity index (χ2v) is 6.03. The van der Waals surface area contributed by atoms with E-state index in [0.29, 0.717) is 11.5 Å². The number of methoxy groups -OCH3 is 1. The van der Waals surface area contributed by atoms with Gasteiger partial charge in [-0.1, -0.05) is 0 Å². The Labute approximate surface area is 149 Å². The number of ether oxygens (including phenoxy) is 2. The van der Waals surface area contributed by atoms with Gasteiger partial charge in [0.05, 0.1) is 18.6 Å². The first kappa shape index (κ1) is 19.5. The number of carbonyl (C=O) groups is 2. The molecule has 0 aliphatic heterocycles. The molecule has 1 aromatic heterocycles. The predicted octanol–water partition coefficient (Wildman–Crippen LogP) is 2.61. The number of carbonyl (C=O) groups excluding carboxylic acids is 1. The number of aliphatic carboxylic acids is 1. The number of carboxylic acid groups (broad SMARTS) is 1. The molecular formula is C18H20FNO6. The van der Waals surface area contributed by atoms with E-state index in [-0.39, 0.29) is 31.2 Å². The Morgan fingerprint density at radius 1 is 1.23 bits per heavy atom. The minimum atomic E-state index is -1.07. The first-order valence-corrected chi connectivity index (χ1v) is 7.82. The smallest absolute Gasteiger partial charge is 0.305 e. The Kier molecular flexibility index (Phi) is 6.35. The molecule has 7 nitrogen and oxygen atoms in total. The summed E-state index contributed by atoms with van der Waals surface area (Å²) in [6.45, 7) is 1.67. The van der Waals surface area contributed by atoms with E-state index in [0.717, 1.165) is 0 Å². The fourth-order valence-electron chi connectivity index (χ4n) is 2.38. The van der Waals surface area contributed by atoms with E-state index >= 15 is 0 Å². The van der Waals surface area contributed by atoms with Crippen molar-refractivity contribution in [1.82, 2.24) is 5.32 Å². The largest absolute Gasteiger partial charge is 0.486 e. The van der Waals surface area contributed by atoms with E-state index in [1.165, 1.54) is 37.4 Å². The number of halogens is 1. The first-order chi connectivity index (χ1) is 12.3. The van der Waals surface area contributed by atoms with Crippen molar-refractivity contribution in [3.8, 4) is 5.75 Å². The van der Waals surface area contributed by atoms with Gasteiger partial charge in [-0.15, -0.1) is 0 Å². The molecule has 140 valence electrons. The zero-order valence-electron chi connectivity index (χ0n) is 14.5. The summed E-state index contributed by atoms with van der Waals surface area (Å²) < 4.78 is 28.7. The number of nitrogens with one attached hydrogen (secondary N) is 1. The summed E-state index contributed by atoms with van der Waals surface area (Å²) in [7, 11) is 1.42. The molecule has 0 spiro atoms. The lowest BCUT2D eigenvalue weighted by molar-refractivity contribution is -0.139. The normalized spacial score (nSPS) is 13.0. The number of amides is 1. The average molecular weight is 365 g/mol. The van der Waals surface area contributed by atoms with E-state index in [9.17, 15) is 14.0 Å². The highest BCUT2D eigenvalue weighted by Gasteiger charge is 2.30. The Balaban J connectivity index is 1.97. The summed E-state index contributed by atoms with van der Waals surface area (Å²) in [6.07, 6.45) is -0.298. The molecule has 8 heteroatoms. The summed E-state index contributed by atoms with van der Waals surface area (Å²) in [5.74, 6) is -1.10. The van der Waals surface area contributed by atoms with Gasteiger partial charge >= 0.3 is 5.97 Å². The van der Waals surface area contributed by atoms with E-state index in [1.807, 2.05) is 0 Å². The van der Waals surface area contributed by atoms with Crippen LogP contribution in [0.5, 0.6) is 5.75 Å². The van der Waals surface area contributed by atoms with Crippen LogP contribution in [0, 0.1) is 5.82 Å². The molecule has 0 saturated carbocycles. The molecule has 2 aromatic rings. The molecule has 0 saturated heterocycles. The number of benzene rings is 1. The van der Waals surface area contributed by atoms with Crippen molar-refractivity contribution >= 4 is 11.9 Å². The van der Waals surface area contributed by atoms with Crippen LogP contribution in [0.1, 0.15) is 29.7 Å². The van der Waals surface area contributed by atoms with Crippen LogP contribution in [0.15, 0.2) is 40.8 Å². The molecule has 1 amide bonds. The zero-order valence-corrected chi connectivity index (χ0v) is 14.5. The number of hydrogen-bond acceptors (Lipinski definition) is 5. The van der Waals surface area contributed by atoms with Crippen molar-refractivity contribution in [3.05, 3.63) is 53.7 Å². The van der Waals surface area contributed by atoms with Crippen LogP contribution in [0.25, 0.3) is 0 Å². The topological polar surface area (TPSA) is 98.0 Å². The van der Waals surface area contributed by atoms with Crippen LogP contribution in [-0.2, 0) is 16.1 Å². The van der Waals surface area contributed by atoms with Gasteiger partial charge in [0.25, 0.3) is 5.91 Å². The minimum absolute atomic E-state index is 0.0235. The van der Waals surface area contributed by atoms with Crippen LogP contribution in [0.3, 0.4) is 0 Å². The summed E-state index contributed by atoms with van der Waals surface area (Å²) in [5.41, 5.74) is -1.07. The maximum absolute atomic E-state index is 12.8. The van der Waals surface area contributed by atoms with E-state index in [2.05, 4.69) is 5.32 Å². The fraction of sp³-hybridized carbons (Fsp3) is 0.333. The second kappa shape index (κ2) is 8.48. The van der Waals surface area contributed by atoms with E-state index in [1.54, 1.807) is 13.0 Å². The van der Waals surface area contributed by atoms with Crippen LogP contribution < -0.4 is 10.1 Å². The average Bonchev–Trinajstić information content (AvgIpc) is 3.02. The molecule has 0 bridgehead atoms. The third-order valence-corrected chi connectivity index (χ3v) is 3.50. The molecule has 0 aliphatic rings. The summed E-state index contributed by atoms with van der Waals surface area (Å²) in [6, 6.07) is 8.54. The van der Waals surface area contributed by atoms with Gasteiger partial charge in [-0.05, 0) is 43.3 Å². The second-order valence-electron chi connectivity index (χ2n) is 6.03. The van der Waals surface area contributed by atoms with Crippen LogP contribution in [-0.4, -0.2) is 36.2 Å². The van der Waals surface area contributed by atoms with Crippen molar-refractivity contribution < 1.29 is 33.0 Å². The van der Waals surface area contributed by atoms with Gasteiger partial charge in [0.1, 0.15) is 23.9 Å². The standard InChI is InChI=1S/C18H20FNO6/c1-18(11-24-2,9-16(21)22)20-17(23)15-8-7-14(26-15)10-25-13-5-3-12(19)4-6-13/h3-8H,9-11H2,1-2H3,(H,20,23)(H,21,22). The van der Waals surface area contributed by atoms with Crippen molar-refractivity contribution in [2.24, 2.45) is 0 Å². The lowest BCUT2D eigenvalue weighted by Crippen LogP contribution is -2.50. The van der Waals surface area contributed by atoms with Gasteiger partial charge < -0.3 is 24.3 Å². The molecule has 0 aliphatic carbocycles. The first-order valence-electron chi connectivity index (χ1n) is 7.82. The highest BCUT2D eigenvalue weighted by Crippen LogP contribution is 2.17. The van der Waals surface area contributed by atoms with Gasteiger partial charge in [0, 0.05) is 7.11 Å². The van der Waals surface area contributed by atoms with Crippen molar-refractivity contribution in [2.45, 2.75) is 25.5 Å². The molecule has 1 unspecified atom stereocenters. The number of rotatable bonds is 9. The summed E-state index contributed by atoms with van der Waals surface area (Å²) in [5, 5.41) is 11.6. The number of carboxylic acids is 1. The van der Waals surface area contributed by atoms with Crippen LogP contribution in [0.2, 0.25) is 0 Å². The molecule has 1 aromatic carbocycles. The maximum atomic E-state index is 12.8. The molecule has 0 fully saturated rings. The lowest BCUT2D eigenvalue weighted by Gasteiger charge is -2.27. The van der Waals surface area contributed by atoms with Crippen molar-refractivity contribution in [3.63, 3.8) is 0 Å².